The van der Waals surface area contributed by atoms with E-state index in [1.54, 1.807) is 7.11 Å². The van der Waals surface area contributed by atoms with Gasteiger partial charge in [0.15, 0.2) is 0 Å². The van der Waals surface area contributed by atoms with Gasteiger partial charge in [-0.15, -0.1) is 10.2 Å². The number of methoxy groups -OCH3 is 1. The van der Waals surface area contributed by atoms with Crippen molar-refractivity contribution >= 4 is 0 Å². The summed E-state index contributed by atoms with van der Waals surface area (Å²) in [6.07, 6.45) is 0.991. The van der Waals surface area contributed by atoms with Crippen LogP contribution in [0, 0.1) is 0 Å². The smallest absolute Gasteiger partial charge is 0.247 e. The topological polar surface area (TPSA) is 69.2 Å². The van der Waals surface area contributed by atoms with Crippen molar-refractivity contribution in [3.05, 3.63) is 47.4 Å². The van der Waals surface area contributed by atoms with Crippen molar-refractivity contribution in [2.24, 2.45) is 7.05 Å². The molecule has 0 atom stereocenters. The predicted molar refractivity (Wildman–Crippen MR) is 101 cm³/mol. The second kappa shape index (κ2) is 7.15. The van der Waals surface area contributed by atoms with E-state index >= 15 is 0 Å². The first kappa shape index (κ1) is 17.7. The van der Waals surface area contributed by atoms with Crippen molar-refractivity contribution in [2.45, 2.75) is 39.3 Å². The van der Waals surface area contributed by atoms with Crippen LogP contribution in [0.3, 0.4) is 0 Å². The fourth-order valence-electron chi connectivity index (χ4n) is 3.61. The summed E-state index contributed by atoms with van der Waals surface area (Å²) in [5, 5.41) is 8.41. The number of ether oxygens (including phenoxy) is 1. The molecule has 7 heteroatoms. The first-order chi connectivity index (χ1) is 13.0. The zero-order chi connectivity index (χ0) is 19.0. The maximum atomic E-state index is 5.87. The van der Waals surface area contributed by atoms with Crippen molar-refractivity contribution in [1.82, 2.24) is 24.6 Å². The van der Waals surface area contributed by atoms with E-state index in [0.29, 0.717) is 24.2 Å². The number of benzene rings is 1. The number of hydrogen-bond acceptors (Lipinski definition) is 6. The van der Waals surface area contributed by atoms with Gasteiger partial charge < -0.3 is 13.7 Å². The molecule has 0 unspecified atom stereocenters. The second-order valence-corrected chi connectivity index (χ2v) is 7.27. The third kappa shape index (κ3) is 3.47. The summed E-state index contributed by atoms with van der Waals surface area (Å²) in [5.74, 6) is 3.55. The van der Waals surface area contributed by atoms with Gasteiger partial charge in [-0.2, -0.15) is 0 Å². The van der Waals surface area contributed by atoms with E-state index in [0.717, 1.165) is 36.6 Å². The standard InChI is InChI=1S/C20H25N5O2/c1-13(2)19-21-16-11-25(10-9-17(16)24(19)3)12-18-22-23-20(27-18)14-5-7-15(26-4)8-6-14/h5-8,13H,9-12H2,1-4H3. The monoisotopic (exact) mass is 367 g/mol. The Morgan fingerprint density at radius 3 is 2.67 bits per heavy atom. The lowest BCUT2D eigenvalue weighted by Gasteiger charge is -2.25. The molecule has 0 radical (unpaired) electrons. The van der Waals surface area contributed by atoms with Gasteiger partial charge in [0.25, 0.3) is 0 Å². The number of rotatable bonds is 5. The van der Waals surface area contributed by atoms with Crippen molar-refractivity contribution in [3.63, 3.8) is 0 Å². The van der Waals surface area contributed by atoms with Crippen LogP contribution in [-0.4, -0.2) is 38.3 Å². The molecule has 0 fully saturated rings. The lowest BCUT2D eigenvalue weighted by atomic mass is 10.1. The number of imidazole rings is 1. The normalized spacial score (nSPS) is 14.6. The Bertz CT molecular complexity index is 927. The Labute approximate surface area is 159 Å². The van der Waals surface area contributed by atoms with Crippen LogP contribution in [0.5, 0.6) is 5.75 Å². The van der Waals surface area contributed by atoms with Crippen LogP contribution in [0.2, 0.25) is 0 Å². The molecule has 3 heterocycles. The molecular formula is C20H25N5O2. The van der Waals surface area contributed by atoms with Gasteiger partial charge in [-0.3, -0.25) is 4.90 Å². The molecule has 0 spiro atoms. The quantitative estimate of drug-likeness (QED) is 0.690. The Kier molecular flexibility index (Phi) is 4.70. The van der Waals surface area contributed by atoms with E-state index < -0.39 is 0 Å². The molecule has 1 aromatic carbocycles. The summed E-state index contributed by atoms with van der Waals surface area (Å²) in [6, 6.07) is 7.62. The summed E-state index contributed by atoms with van der Waals surface area (Å²) in [5.41, 5.74) is 3.41. The van der Waals surface area contributed by atoms with Gasteiger partial charge in [-0.25, -0.2) is 4.98 Å². The van der Waals surface area contributed by atoms with E-state index in [1.807, 2.05) is 24.3 Å². The van der Waals surface area contributed by atoms with Crippen LogP contribution in [0.15, 0.2) is 28.7 Å². The van der Waals surface area contributed by atoms with Crippen LogP contribution < -0.4 is 4.74 Å². The van der Waals surface area contributed by atoms with Crippen molar-refractivity contribution in [3.8, 4) is 17.2 Å². The van der Waals surface area contributed by atoms with E-state index in [4.69, 9.17) is 14.1 Å². The molecule has 2 aromatic heterocycles. The average Bonchev–Trinajstić information content (AvgIpc) is 3.26. The Hall–Kier alpha value is -2.67. The van der Waals surface area contributed by atoms with Gasteiger partial charge in [0.05, 0.1) is 19.3 Å². The molecule has 1 aliphatic rings. The molecule has 1 aliphatic heterocycles. The Balaban J connectivity index is 1.46. The van der Waals surface area contributed by atoms with Gasteiger partial charge in [0.2, 0.25) is 11.8 Å². The maximum absolute atomic E-state index is 5.87. The fraction of sp³-hybridized carbons (Fsp3) is 0.450. The molecule has 0 saturated carbocycles. The molecular weight excluding hydrogens is 342 g/mol. The molecule has 27 heavy (non-hydrogen) atoms. The molecule has 3 aromatic rings. The highest BCUT2D eigenvalue weighted by Crippen LogP contribution is 2.25. The minimum absolute atomic E-state index is 0.428. The van der Waals surface area contributed by atoms with Gasteiger partial charge in [0, 0.05) is 43.7 Å². The summed E-state index contributed by atoms with van der Waals surface area (Å²) in [6.45, 7) is 6.78. The van der Waals surface area contributed by atoms with Crippen LogP contribution in [0.4, 0.5) is 0 Å². The zero-order valence-electron chi connectivity index (χ0n) is 16.3. The zero-order valence-corrected chi connectivity index (χ0v) is 16.3. The van der Waals surface area contributed by atoms with Gasteiger partial charge in [0.1, 0.15) is 11.6 Å². The highest BCUT2D eigenvalue weighted by molar-refractivity contribution is 5.53. The molecule has 4 rings (SSSR count). The molecule has 0 saturated heterocycles. The molecule has 0 N–H and O–H groups in total. The number of aromatic nitrogens is 4. The van der Waals surface area contributed by atoms with Gasteiger partial charge >= 0.3 is 0 Å². The van der Waals surface area contributed by atoms with E-state index in [9.17, 15) is 0 Å². The predicted octanol–water partition coefficient (Wildman–Crippen LogP) is 3.16. The number of nitrogens with zero attached hydrogens (tertiary/aromatic N) is 5. The Morgan fingerprint density at radius 2 is 1.96 bits per heavy atom. The Morgan fingerprint density at radius 1 is 1.19 bits per heavy atom. The van der Waals surface area contributed by atoms with Crippen molar-refractivity contribution < 1.29 is 9.15 Å². The van der Waals surface area contributed by atoms with Crippen LogP contribution >= 0.6 is 0 Å². The van der Waals surface area contributed by atoms with Gasteiger partial charge in [-0.05, 0) is 24.3 Å². The molecule has 142 valence electrons. The first-order valence-electron chi connectivity index (χ1n) is 9.28. The molecule has 7 nitrogen and oxygen atoms in total. The molecule has 0 bridgehead atoms. The van der Waals surface area contributed by atoms with Crippen LogP contribution in [0.25, 0.3) is 11.5 Å². The van der Waals surface area contributed by atoms with Gasteiger partial charge in [-0.1, -0.05) is 13.8 Å². The minimum Gasteiger partial charge on any atom is -0.497 e. The van der Waals surface area contributed by atoms with E-state index in [2.05, 4.69) is 40.6 Å². The SMILES string of the molecule is COc1ccc(-c2nnc(CN3CCc4c(nc(C(C)C)n4C)C3)o2)cc1. The van der Waals surface area contributed by atoms with Crippen LogP contribution in [-0.2, 0) is 26.6 Å². The number of fused-ring (bicyclic) bond motifs is 1. The van der Waals surface area contributed by atoms with Crippen LogP contribution in [0.1, 0.15) is 42.9 Å². The second-order valence-electron chi connectivity index (χ2n) is 7.27. The maximum Gasteiger partial charge on any atom is 0.247 e. The minimum atomic E-state index is 0.428. The van der Waals surface area contributed by atoms with Crippen molar-refractivity contribution in [2.75, 3.05) is 13.7 Å². The highest BCUT2D eigenvalue weighted by Gasteiger charge is 2.24. The average molecular weight is 367 g/mol. The van der Waals surface area contributed by atoms with Crippen molar-refractivity contribution in [1.29, 1.82) is 0 Å². The first-order valence-corrected chi connectivity index (χ1v) is 9.28. The lowest BCUT2D eigenvalue weighted by Crippen LogP contribution is -2.30. The molecule has 0 aliphatic carbocycles. The lowest BCUT2D eigenvalue weighted by molar-refractivity contribution is 0.217. The summed E-state index contributed by atoms with van der Waals surface area (Å²) in [7, 11) is 3.77. The fourth-order valence-corrected chi connectivity index (χ4v) is 3.61. The highest BCUT2D eigenvalue weighted by atomic mass is 16.5. The van der Waals surface area contributed by atoms with E-state index in [1.165, 1.54) is 11.4 Å². The molecule has 0 amide bonds. The third-order valence-corrected chi connectivity index (χ3v) is 5.05. The number of hydrogen-bond donors (Lipinski definition) is 0. The largest absolute Gasteiger partial charge is 0.497 e. The summed E-state index contributed by atoms with van der Waals surface area (Å²) >= 11 is 0. The van der Waals surface area contributed by atoms with E-state index in [-0.39, 0.29) is 0 Å². The summed E-state index contributed by atoms with van der Waals surface area (Å²) in [4.78, 5) is 7.16. The third-order valence-electron chi connectivity index (χ3n) is 5.05. The summed E-state index contributed by atoms with van der Waals surface area (Å²) < 4.78 is 13.3.